The number of aliphatic carboxylic acids is 1. The first-order valence-corrected chi connectivity index (χ1v) is 7.85. The van der Waals surface area contributed by atoms with Crippen molar-refractivity contribution in [3.8, 4) is 16.8 Å². The van der Waals surface area contributed by atoms with Gasteiger partial charge in [-0.25, -0.2) is 4.98 Å². The van der Waals surface area contributed by atoms with Crippen LogP contribution < -0.4 is 24.0 Å². The van der Waals surface area contributed by atoms with Crippen LogP contribution >= 0.6 is 0 Å². The smallest absolute Gasteiger partial charge is 0.550 e. The van der Waals surface area contributed by atoms with E-state index in [2.05, 4.69) is 10.1 Å². The van der Waals surface area contributed by atoms with E-state index >= 15 is 0 Å². The number of carbonyl (C=O) groups excluding carboxylic acids is 1. The summed E-state index contributed by atoms with van der Waals surface area (Å²) in [5.41, 5.74) is 5.63. The predicted octanol–water partition coefficient (Wildman–Crippen LogP) is -1.28. The van der Waals surface area contributed by atoms with Gasteiger partial charge in [0.15, 0.2) is 0 Å². The van der Waals surface area contributed by atoms with Crippen molar-refractivity contribution in [3.05, 3.63) is 66.7 Å². The van der Waals surface area contributed by atoms with Crippen LogP contribution in [0, 0.1) is 0 Å². The van der Waals surface area contributed by atoms with Crippen LogP contribution in [0.2, 0.25) is 0 Å². The van der Waals surface area contributed by atoms with Gasteiger partial charge in [0.05, 0.1) is 17.2 Å². The SMILES string of the molecule is Cn1cc(-c2ccc3c(c2)ncn3-c2ccc(CC(=O)[O-])cc2)cn1.[Li+]. The quantitative estimate of drug-likeness (QED) is 0.435. The number of fused-ring (bicyclic) bond motifs is 1. The second-order valence-corrected chi connectivity index (χ2v) is 5.94. The Kier molecular flexibility index (Phi) is 4.98. The zero-order chi connectivity index (χ0) is 17.4. The van der Waals surface area contributed by atoms with Gasteiger partial charge in [-0.05, 0) is 35.4 Å². The number of nitrogens with zero attached hydrogens (tertiary/aromatic N) is 4. The third kappa shape index (κ3) is 3.43. The third-order valence-corrected chi connectivity index (χ3v) is 4.15. The summed E-state index contributed by atoms with van der Waals surface area (Å²) >= 11 is 0. The summed E-state index contributed by atoms with van der Waals surface area (Å²) < 4.78 is 3.75. The van der Waals surface area contributed by atoms with Crippen LogP contribution in [0.4, 0.5) is 0 Å². The van der Waals surface area contributed by atoms with E-state index in [-0.39, 0.29) is 25.3 Å². The molecule has 0 fully saturated rings. The molecule has 0 amide bonds. The average Bonchev–Trinajstić information content (AvgIpc) is 3.21. The molecule has 0 spiro atoms. The zero-order valence-electron chi connectivity index (χ0n) is 14.6. The standard InChI is InChI=1S/C19H16N4O2.Li/c1-22-11-15(10-21-22)14-4-7-18-17(9-14)20-12-23(18)16-5-2-13(3-6-16)8-19(24)25;/h2-7,9-12H,8H2,1H3,(H,24,25);/q;+1/p-1. The molecule has 0 atom stereocenters. The Hall–Kier alpha value is -2.81. The summed E-state index contributed by atoms with van der Waals surface area (Å²) in [7, 11) is 1.89. The Labute approximate surface area is 162 Å². The number of carboxylic acids is 1. The second-order valence-electron chi connectivity index (χ2n) is 5.94. The van der Waals surface area contributed by atoms with E-state index in [4.69, 9.17) is 0 Å². The molecule has 0 radical (unpaired) electrons. The Morgan fingerprint density at radius 2 is 1.88 bits per heavy atom. The molecule has 0 aliphatic rings. The monoisotopic (exact) mass is 338 g/mol. The number of aryl methyl sites for hydroxylation is 1. The molecule has 6 nitrogen and oxygen atoms in total. The molecule has 4 aromatic rings. The molecule has 0 unspecified atom stereocenters. The first-order chi connectivity index (χ1) is 12.1. The molecular formula is C19H15LiN4O2. The fraction of sp³-hybridized carbons (Fsp3) is 0.105. The molecule has 4 rings (SSSR count). The van der Waals surface area contributed by atoms with E-state index in [1.54, 1.807) is 23.1 Å². The van der Waals surface area contributed by atoms with Crippen LogP contribution in [0.5, 0.6) is 0 Å². The number of benzene rings is 2. The van der Waals surface area contributed by atoms with Crippen LogP contribution in [0.1, 0.15) is 5.56 Å². The zero-order valence-corrected chi connectivity index (χ0v) is 14.6. The van der Waals surface area contributed by atoms with Crippen molar-refractivity contribution in [3.63, 3.8) is 0 Å². The van der Waals surface area contributed by atoms with Gasteiger partial charge in [-0.2, -0.15) is 5.10 Å². The molecule has 0 N–H and O–H groups in total. The van der Waals surface area contributed by atoms with E-state index in [9.17, 15) is 9.90 Å². The Morgan fingerprint density at radius 1 is 1.12 bits per heavy atom. The number of carboxylic acid groups (broad SMARTS) is 1. The predicted molar refractivity (Wildman–Crippen MR) is 92.0 cm³/mol. The molecule has 2 aromatic carbocycles. The molecular weight excluding hydrogens is 323 g/mol. The summed E-state index contributed by atoms with van der Waals surface area (Å²) in [6.07, 6.45) is 5.48. The maximum atomic E-state index is 10.7. The van der Waals surface area contributed by atoms with Gasteiger partial charge in [-0.3, -0.25) is 9.25 Å². The van der Waals surface area contributed by atoms with Crippen molar-refractivity contribution < 1.29 is 28.8 Å². The molecule has 0 aliphatic heterocycles. The molecule has 0 saturated carbocycles. The Balaban J connectivity index is 0.00000196. The topological polar surface area (TPSA) is 75.8 Å². The Bertz CT molecular complexity index is 1070. The van der Waals surface area contributed by atoms with Gasteiger partial charge >= 0.3 is 18.9 Å². The van der Waals surface area contributed by atoms with Gasteiger partial charge in [0, 0.05) is 36.9 Å². The number of hydrogen-bond donors (Lipinski definition) is 0. The number of aromatic nitrogens is 4. The maximum Gasteiger partial charge on any atom is 1.00 e. The van der Waals surface area contributed by atoms with E-state index in [0.717, 1.165) is 27.8 Å². The largest absolute Gasteiger partial charge is 1.00 e. The first-order valence-electron chi connectivity index (χ1n) is 7.85. The van der Waals surface area contributed by atoms with Crippen LogP contribution in [-0.4, -0.2) is 25.3 Å². The van der Waals surface area contributed by atoms with Crippen LogP contribution in [-0.2, 0) is 18.3 Å². The molecule has 2 aromatic heterocycles. The molecule has 2 heterocycles. The van der Waals surface area contributed by atoms with Crippen LogP contribution in [0.15, 0.2) is 61.2 Å². The molecule has 0 aliphatic carbocycles. The number of rotatable bonds is 4. The van der Waals surface area contributed by atoms with Crippen molar-refractivity contribution in [2.45, 2.75) is 6.42 Å². The summed E-state index contributed by atoms with van der Waals surface area (Å²) in [5.74, 6) is -1.08. The molecule has 124 valence electrons. The van der Waals surface area contributed by atoms with Crippen molar-refractivity contribution >= 4 is 17.0 Å². The minimum absolute atomic E-state index is 0. The fourth-order valence-electron chi connectivity index (χ4n) is 2.91. The van der Waals surface area contributed by atoms with Gasteiger partial charge in [0.2, 0.25) is 0 Å². The van der Waals surface area contributed by atoms with Crippen LogP contribution in [0.3, 0.4) is 0 Å². The normalized spacial score (nSPS) is 10.7. The van der Waals surface area contributed by atoms with Gasteiger partial charge in [-0.1, -0.05) is 18.2 Å². The number of hydrogen-bond acceptors (Lipinski definition) is 4. The van der Waals surface area contributed by atoms with Crippen molar-refractivity contribution in [1.82, 2.24) is 19.3 Å². The minimum Gasteiger partial charge on any atom is -0.550 e. The van der Waals surface area contributed by atoms with Gasteiger partial charge in [0.1, 0.15) is 6.33 Å². The molecule has 7 heteroatoms. The van der Waals surface area contributed by atoms with E-state index in [0.29, 0.717) is 5.56 Å². The summed E-state index contributed by atoms with van der Waals surface area (Å²) in [4.78, 5) is 15.2. The van der Waals surface area contributed by atoms with Gasteiger partial charge in [0.25, 0.3) is 0 Å². The summed E-state index contributed by atoms with van der Waals surface area (Å²) in [6.45, 7) is 0. The molecule has 26 heavy (non-hydrogen) atoms. The molecule has 0 bridgehead atoms. The van der Waals surface area contributed by atoms with Crippen molar-refractivity contribution in [2.75, 3.05) is 0 Å². The average molecular weight is 338 g/mol. The Morgan fingerprint density at radius 3 is 2.54 bits per heavy atom. The van der Waals surface area contributed by atoms with Gasteiger partial charge in [-0.15, -0.1) is 0 Å². The summed E-state index contributed by atoms with van der Waals surface area (Å²) in [5, 5.41) is 14.9. The van der Waals surface area contributed by atoms with Crippen molar-refractivity contribution in [2.24, 2.45) is 7.05 Å². The van der Waals surface area contributed by atoms with Crippen LogP contribution in [0.25, 0.3) is 27.8 Å². The van der Waals surface area contributed by atoms with E-state index in [1.807, 2.05) is 54.3 Å². The van der Waals surface area contributed by atoms with Gasteiger partial charge < -0.3 is 9.90 Å². The first kappa shape index (κ1) is 18.0. The summed E-state index contributed by atoms with van der Waals surface area (Å²) in [6, 6.07) is 13.5. The fourth-order valence-corrected chi connectivity index (χ4v) is 2.91. The second kappa shape index (κ2) is 7.20. The van der Waals surface area contributed by atoms with E-state index < -0.39 is 5.97 Å². The third-order valence-electron chi connectivity index (χ3n) is 4.15. The maximum absolute atomic E-state index is 10.7. The minimum atomic E-state index is -1.08. The number of carbonyl (C=O) groups is 1. The molecule has 0 saturated heterocycles. The number of imidazole rings is 1. The van der Waals surface area contributed by atoms with E-state index in [1.165, 1.54) is 0 Å². The van der Waals surface area contributed by atoms with Crippen molar-refractivity contribution in [1.29, 1.82) is 0 Å².